The Morgan fingerprint density at radius 3 is 2.00 bits per heavy atom. The molecule has 0 spiro atoms. The molecule has 2 N–H and O–H groups in total. The molecule has 0 aliphatic carbocycles. The van der Waals surface area contributed by atoms with Crippen LogP contribution in [0.25, 0.3) is 0 Å². The monoisotopic (exact) mass is 269 g/mol. The van der Waals surface area contributed by atoms with E-state index in [1.54, 1.807) is 6.54 Å². The van der Waals surface area contributed by atoms with Gasteiger partial charge < -0.3 is 32.5 Å². The fourth-order valence-electron chi connectivity index (χ4n) is 0.167. The molecule has 0 amide bonds. The van der Waals surface area contributed by atoms with E-state index >= 15 is 0 Å². The van der Waals surface area contributed by atoms with Crippen LogP contribution in [-0.4, -0.2) is 5.21 Å². The average Bonchev–Trinajstić information content (AvgIpc) is 1.61. The quantitative estimate of drug-likeness (QED) is 0.463. The normalized spacial score (nSPS) is 6.00. The maximum Gasteiger partial charge on any atom is 0 e. The van der Waals surface area contributed by atoms with E-state index in [2.05, 4.69) is 6.92 Å². The Morgan fingerprint density at radius 2 is 1.89 bits per heavy atom. The third kappa shape index (κ3) is 26.9. The van der Waals surface area contributed by atoms with E-state index in [1.807, 2.05) is 5.48 Å². The van der Waals surface area contributed by atoms with E-state index < -0.39 is 0 Å². The molecule has 0 aromatic rings. The summed E-state index contributed by atoms with van der Waals surface area (Å²) in [4.78, 5) is 0. The van der Waals surface area contributed by atoms with Gasteiger partial charge in [0.15, 0.2) is 0 Å². The van der Waals surface area contributed by atoms with Gasteiger partial charge in [-0.25, -0.2) is 13.0 Å². The van der Waals surface area contributed by atoms with Gasteiger partial charge in [-0.2, -0.15) is 6.42 Å². The Labute approximate surface area is 91.5 Å². The SMILES string of the molecule is [CH2-]CC[CH-]NO.[CH3-].[CH3-].[Sm]. The second kappa shape index (κ2) is 22.8. The van der Waals surface area contributed by atoms with Gasteiger partial charge in [0.1, 0.15) is 0 Å². The molecule has 3 heteroatoms. The number of hydroxylamine groups is 1. The van der Waals surface area contributed by atoms with Crippen molar-refractivity contribution in [2.45, 2.75) is 12.8 Å². The fourth-order valence-corrected chi connectivity index (χ4v) is 0.167. The summed E-state index contributed by atoms with van der Waals surface area (Å²) >= 11 is 0. The molecule has 0 aliphatic heterocycles. The van der Waals surface area contributed by atoms with Crippen molar-refractivity contribution in [1.29, 1.82) is 0 Å². The van der Waals surface area contributed by atoms with E-state index in [9.17, 15) is 0 Å². The Bertz CT molecular complexity index is 25.0. The zero-order valence-corrected chi connectivity index (χ0v) is 8.67. The Morgan fingerprint density at radius 1 is 1.44 bits per heavy atom. The van der Waals surface area contributed by atoms with E-state index in [-0.39, 0.29) is 55.2 Å². The molecule has 0 rings (SSSR count). The van der Waals surface area contributed by atoms with Gasteiger partial charge >= 0.3 is 0 Å². The van der Waals surface area contributed by atoms with Crippen LogP contribution in [-0.2, 0) is 0 Å². The summed E-state index contributed by atoms with van der Waals surface area (Å²) in [7, 11) is 0. The molecule has 0 aromatic carbocycles. The number of hydrogen-bond donors (Lipinski definition) is 2. The van der Waals surface area contributed by atoms with Crippen LogP contribution < -0.4 is 5.48 Å². The summed E-state index contributed by atoms with van der Waals surface area (Å²) < 4.78 is 0. The van der Waals surface area contributed by atoms with Gasteiger partial charge in [-0.1, -0.05) is 0 Å². The van der Waals surface area contributed by atoms with Crippen molar-refractivity contribution < 1.29 is 45.6 Å². The molecule has 0 unspecified atom stereocenters. The predicted octanol–water partition coefficient (Wildman–Crippen LogP) is 1.64. The molecule has 0 saturated heterocycles. The van der Waals surface area contributed by atoms with Gasteiger partial charge in [0.25, 0.3) is 0 Å². The molecular formula is C6H15NOSm-4. The largest absolute Gasteiger partial charge is 0.358 e. The molecule has 9 heavy (non-hydrogen) atoms. The number of nitrogens with one attached hydrogen (secondary N) is 1. The minimum Gasteiger partial charge on any atom is -0.358 e. The molecule has 0 aromatic heterocycles. The minimum absolute atomic E-state index is 0. The molecule has 0 fully saturated rings. The van der Waals surface area contributed by atoms with Crippen molar-refractivity contribution in [3.63, 3.8) is 0 Å². The molecule has 0 saturated carbocycles. The first-order valence-electron chi connectivity index (χ1n) is 1.92. The van der Waals surface area contributed by atoms with Gasteiger partial charge in [0.2, 0.25) is 0 Å². The number of unbranched alkanes of at least 4 members (excludes halogenated alkanes) is 1. The molecule has 0 heterocycles. The maximum atomic E-state index is 7.86. The van der Waals surface area contributed by atoms with Gasteiger partial charge in [-0.05, 0) is 0 Å². The molecule has 0 bridgehead atoms. The van der Waals surface area contributed by atoms with Crippen molar-refractivity contribution in [1.82, 2.24) is 5.48 Å². The summed E-state index contributed by atoms with van der Waals surface area (Å²) in [5.41, 5.74) is 1.90. The number of rotatable bonds is 3. The van der Waals surface area contributed by atoms with Gasteiger partial charge in [-0.15, -0.1) is 0 Å². The molecule has 0 radical (unpaired) electrons. The second-order valence-corrected chi connectivity index (χ2v) is 0.975. The molecule has 0 aliphatic rings. The summed E-state index contributed by atoms with van der Waals surface area (Å²) in [5, 5.41) is 7.86. The molecule has 0 atom stereocenters. The van der Waals surface area contributed by atoms with Crippen molar-refractivity contribution in [2.75, 3.05) is 0 Å². The van der Waals surface area contributed by atoms with Crippen molar-refractivity contribution in [3.05, 3.63) is 28.3 Å². The zero-order chi connectivity index (χ0) is 4.83. The first-order valence-corrected chi connectivity index (χ1v) is 1.92. The molecule has 2 nitrogen and oxygen atoms in total. The van der Waals surface area contributed by atoms with Crippen LogP contribution in [0, 0.1) is 68.7 Å². The third-order valence-electron chi connectivity index (χ3n) is 0.440. The van der Waals surface area contributed by atoms with Crippen molar-refractivity contribution in [2.24, 2.45) is 0 Å². The standard InChI is InChI=1S/C4H9NO.2CH3.Sm/c1-2-3-4-5-6;;;/h4-6H,1-3H2;2*1H3;/q-2;2*-1;. The van der Waals surface area contributed by atoms with Gasteiger partial charge in [0, 0.05) is 40.4 Å². The van der Waals surface area contributed by atoms with E-state index in [0.717, 1.165) is 12.8 Å². The van der Waals surface area contributed by atoms with Crippen LogP contribution in [0.1, 0.15) is 12.8 Å². The van der Waals surface area contributed by atoms with Crippen molar-refractivity contribution >= 4 is 0 Å². The summed E-state index contributed by atoms with van der Waals surface area (Å²) in [6, 6.07) is 0. The fraction of sp³-hybridized carbons (Fsp3) is 0.333. The van der Waals surface area contributed by atoms with E-state index in [1.165, 1.54) is 0 Å². The number of hydrogen-bond acceptors (Lipinski definition) is 2. The van der Waals surface area contributed by atoms with Crippen LogP contribution in [0.5, 0.6) is 0 Å². The van der Waals surface area contributed by atoms with Gasteiger partial charge in [0.05, 0.1) is 0 Å². The van der Waals surface area contributed by atoms with Crippen molar-refractivity contribution in [3.8, 4) is 0 Å². The maximum absolute atomic E-state index is 7.86. The van der Waals surface area contributed by atoms with Crippen LogP contribution in [0.3, 0.4) is 0 Å². The zero-order valence-electron chi connectivity index (χ0n) is 6.05. The molecular weight excluding hydrogens is 252 g/mol. The third-order valence-corrected chi connectivity index (χ3v) is 0.440. The summed E-state index contributed by atoms with van der Waals surface area (Å²) in [6.07, 6.45) is 1.64. The van der Waals surface area contributed by atoms with Gasteiger partial charge in [-0.3, -0.25) is 0 Å². The second-order valence-electron chi connectivity index (χ2n) is 0.975. The van der Waals surface area contributed by atoms with Crippen LogP contribution >= 0.6 is 0 Å². The minimum atomic E-state index is 0. The Balaban J connectivity index is -0.0000000417. The first kappa shape index (κ1) is 22.5. The average molecular weight is 268 g/mol. The summed E-state index contributed by atoms with van der Waals surface area (Å²) in [5.74, 6) is 0. The van der Waals surface area contributed by atoms with Crippen LogP contribution in [0.4, 0.5) is 0 Å². The molecule has 60 valence electrons. The predicted molar refractivity (Wildman–Crippen MR) is 36.6 cm³/mol. The Kier molecular flexibility index (Phi) is 57.0. The van der Waals surface area contributed by atoms with E-state index in [0.29, 0.717) is 0 Å². The first-order chi connectivity index (χ1) is 2.91. The smallest absolute Gasteiger partial charge is 0 e. The summed E-state index contributed by atoms with van der Waals surface area (Å²) in [6.45, 7) is 5.09. The van der Waals surface area contributed by atoms with E-state index in [4.69, 9.17) is 5.21 Å². The topological polar surface area (TPSA) is 32.3 Å². The van der Waals surface area contributed by atoms with Crippen LogP contribution in [0.2, 0.25) is 0 Å². The van der Waals surface area contributed by atoms with Crippen LogP contribution in [0.15, 0.2) is 0 Å². The Hall–Kier alpha value is 1.26.